The highest BCUT2D eigenvalue weighted by Crippen LogP contribution is 2.39. The number of rotatable bonds is 5. The topological polar surface area (TPSA) is 22.1 Å². The maximum absolute atomic E-state index is 13.0. The van der Waals surface area contributed by atoms with Crippen molar-refractivity contribution in [2.24, 2.45) is 0 Å². The quantitative estimate of drug-likeness (QED) is 0.250. The SMILES string of the molecule is FC(F)(F)c1ccc(-c2nc(COc3cc(C(F)(F)F)cc(C(F)(F)F)c3)c(CCl)s2)cc1. The molecular formula is C20H11ClF9NOS. The van der Waals surface area contributed by atoms with Crippen molar-refractivity contribution in [3.05, 3.63) is 69.7 Å². The van der Waals surface area contributed by atoms with Gasteiger partial charge in [0.25, 0.3) is 0 Å². The number of nitrogens with zero attached hydrogens (tertiary/aromatic N) is 1. The van der Waals surface area contributed by atoms with Crippen LogP contribution < -0.4 is 4.74 Å². The first kappa shape index (κ1) is 25.2. The van der Waals surface area contributed by atoms with E-state index in [4.69, 9.17) is 16.3 Å². The van der Waals surface area contributed by atoms with Gasteiger partial charge >= 0.3 is 18.5 Å². The van der Waals surface area contributed by atoms with Crippen molar-refractivity contribution in [1.82, 2.24) is 4.98 Å². The zero-order valence-electron chi connectivity index (χ0n) is 16.0. The Bertz CT molecular complexity index is 1090. The third kappa shape index (κ3) is 6.11. The highest BCUT2D eigenvalue weighted by Gasteiger charge is 2.37. The van der Waals surface area contributed by atoms with Crippen LogP contribution in [0.15, 0.2) is 42.5 Å². The molecule has 1 aromatic heterocycles. The first-order chi connectivity index (χ1) is 15.2. The van der Waals surface area contributed by atoms with Gasteiger partial charge in [-0.05, 0) is 30.3 Å². The monoisotopic (exact) mass is 519 g/mol. The summed E-state index contributed by atoms with van der Waals surface area (Å²) in [7, 11) is 0. The number of aromatic nitrogens is 1. The molecule has 2 nitrogen and oxygen atoms in total. The van der Waals surface area contributed by atoms with Crippen molar-refractivity contribution in [3.8, 4) is 16.3 Å². The maximum Gasteiger partial charge on any atom is 0.416 e. The molecule has 1 heterocycles. The van der Waals surface area contributed by atoms with Gasteiger partial charge in [-0.15, -0.1) is 22.9 Å². The smallest absolute Gasteiger partial charge is 0.416 e. The van der Waals surface area contributed by atoms with Gasteiger partial charge in [-0.3, -0.25) is 0 Å². The van der Waals surface area contributed by atoms with Gasteiger partial charge in [0.05, 0.1) is 28.3 Å². The van der Waals surface area contributed by atoms with E-state index in [1.54, 1.807) is 0 Å². The fraction of sp³-hybridized carbons (Fsp3) is 0.250. The van der Waals surface area contributed by atoms with E-state index in [1.165, 1.54) is 12.1 Å². The molecule has 0 bridgehead atoms. The van der Waals surface area contributed by atoms with Crippen LogP contribution in [0.25, 0.3) is 10.6 Å². The lowest BCUT2D eigenvalue weighted by Gasteiger charge is -2.14. The number of hydrogen-bond acceptors (Lipinski definition) is 3. The van der Waals surface area contributed by atoms with Crippen LogP contribution in [0, 0.1) is 0 Å². The van der Waals surface area contributed by atoms with Gasteiger partial charge in [0.1, 0.15) is 17.4 Å². The number of alkyl halides is 10. The second kappa shape index (κ2) is 9.05. The van der Waals surface area contributed by atoms with E-state index in [2.05, 4.69) is 4.98 Å². The fourth-order valence-corrected chi connectivity index (χ4v) is 3.93. The Morgan fingerprint density at radius 1 is 0.758 bits per heavy atom. The van der Waals surface area contributed by atoms with Crippen LogP contribution in [0.1, 0.15) is 27.3 Å². The predicted octanol–water partition coefficient (Wildman–Crippen LogP) is 8.18. The Hall–Kier alpha value is -2.47. The van der Waals surface area contributed by atoms with Crippen LogP contribution >= 0.6 is 22.9 Å². The molecule has 0 atom stereocenters. The number of ether oxygens (including phenoxy) is 1. The van der Waals surface area contributed by atoms with E-state index in [9.17, 15) is 39.5 Å². The summed E-state index contributed by atoms with van der Waals surface area (Å²) in [6.45, 7) is -0.502. The molecule has 0 fully saturated rings. The fourth-order valence-electron chi connectivity index (χ4n) is 2.69. The molecule has 13 heteroatoms. The van der Waals surface area contributed by atoms with Crippen LogP contribution in [-0.4, -0.2) is 4.98 Å². The standard InChI is InChI=1S/C20H11ClF9NOS/c21-8-16-15(31-17(33-16)10-1-3-11(4-2-10)18(22,23)24)9-32-14-6-12(19(25,26)27)5-13(7-14)20(28,29)30/h1-7H,8-9H2. The Labute approximate surface area is 189 Å². The van der Waals surface area contributed by atoms with Gasteiger partial charge in [0.2, 0.25) is 0 Å². The average Bonchev–Trinajstić information content (AvgIpc) is 3.13. The Balaban J connectivity index is 1.87. The molecule has 0 saturated carbocycles. The predicted molar refractivity (Wildman–Crippen MR) is 103 cm³/mol. The third-order valence-electron chi connectivity index (χ3n) is 4.30. The van der Waals surface area contributed by atoms with Gasteiger partial charge in [-0.2, -0.15) is 39.5 Å². The lowest BCUT2D eigenvalue weighted by Crippen LogP contribution is -2.11. The molecule has 0 radical (unpaired) electrons. The van der Waals surface area contributed by atoms with E-state index < -0.39 is 47.6 Å². The Kier molecular flexibility index (Phi) is 6.90. The third-order valence-corrected chi connectivity index (χ3v) is 5.87. The normalized spacial score (nSPS) is 12.8. The van der Waals surface area contributed by atoms with Gasteiger partial charge in [0.15, 0.2) is 0 Å². The lowest BCUT2D eigenvalue weighted by molar-refractivity contribution is -0.143. The highest BCUT2D eigenvalue weighted by molar-refractivity contribution is 7.15. The minimum atomic E-state index is -5.03. The summed E-state index contributed by atoms with van der Waals surface area (Å²) in [6, 6.07) is 4.92. The summed E-state index contributed by atoms with van der Waals surface area (Å²) in [5, 5.41) is 0.262. The minimum absolute atomic E-state index is 0.0252. The second-order valence-electron chi connectivity index (χ2n) is 6.63. The van der Waals surface area contributed by atoms with Crippen molar-refractivity contribution in [2.75, 3.05) is 0 Å². The minimum Gasteiger partial charge on any atom is -0.487 e. The van der Waals surface area contributed by atoms with E-state index in [0.717, 1.165) is 23.5 Å². The molecule has 33 heavy (non-hydrogen) atoms. The Morgan fingerprint density at radius 3 is 1.73 bits per heavy atom. The average molecular weight is 520 g/mol. The molecule has 178 valence electrons. The van der Waals surface area contributed by atoms with Crippen LogP contribution in [0.2, 0.25) is 0 Å². The van der Waals surface area contributed by atoms with Gasteiger partial charge in [-0.1, -0.05) is 12.1 Å². The number of hydrogen-bond donors (Lipinski definition) is 0. The first-order valence-electron chi connectivity index (χ1n) is 8.83. The summed E-state index contributed by atoms with van der Waals surface area (Å²) in [5.41, 5.74) is -3.48. The van der Waals surface area contributed by atoms with Crippen molar-refractivity contribution >= 4 is 22.9 Å². The molecule has 0 N–H and O–H groups in total. The molecule has 3 rings (SSSR count). The molecule has 0 unspecified atom stereocenters. The molecule has 3 aromatic rings. The summed E-state index contributed by atoms with van der Waals surface area (Å²) < 4.78 is 121. The molecule has 0 amide bonds. The summed E-state index contributed by atoms with van der Waals surface area (Å²) in [6.07, 6.45) is -14.6. The van der Waals surface area contributed by atoms with E-state index >= 15 is 0 Å². The highest BCUT2D eigenvalue weighted by atomic mass is 35.5. The maximum atomic E-state index is 13.0. The molecule has 0 spiro atoms. The van der Waals surface area contributed by atoms with E-state index in [-0.39, 0.29) is 22.6 Å². The first-order valence-corrected chi connectivity index (χ1v) is 10.2. The van der Waals surface area contributed by atoms with Crippen molar-refractivity contribution < 1.29 is 44.3 Å². The second-order valence-corrected chi connectivity index (χ2v) is 7.98. The van der Waals surface area contributed by atoms with Crippen molar-refractivity contribution in [2.45, 2.75) is 31.0 Å². The molecular weight excluding hydrogens is 509 g/mol. The lowest BCUT2D eigenvalue weighted by atomic mass is 10.1. The molecule has 0 aliphatic heterocycles. The zero-order chi connectivity index (χ0) is 24.6. The summed E-state index contributed by atoms with van der Waals surface area (Å²) in [5.74, 6) is -0.783. The van der Waals surface area contributed by atoms with Crippen molar-refractivity contribution in [1.29, 1.82) is 0 Å². The molecule has 0 saturated heterocycles. The summed E-state index contributed by atoms with van der Waals surface area (Å²) >= 11 is 6.85. The number of benzene rings is 2. The molecule has 2 aromatic carbocycles. The van der Waals surface area contributed by atoms with Crippen LogP contribution in [0.3, 0.4) is 0 Å². The molecule has 0 aliphatic rings. The summed E-state index contributed by atoms with van der Waals surface area (Å²) in [4.78, 5) is 4.58. The Morgan fingerprint density at radius 2 is 1.27 bits per heavy atom. The van der Waals surface area contributed by atoms with Crippen LogP contribution in [0.5, 0.6) is 5.75 Å². The van der Waals surface area contributed by atoms with E-state index in [0.29, 0.717) is 22.6 Å². The zero-order valence-corrected chi connectivity index (χ0v) is 17.6. The van der Waals surface area contributed by atoms with E-state index in [1.807, 2.05) is 0 Å². The van der Waals surface area contributed by atoms with Gasteiger partial charge in [-0.25, -0.2) is 4.98 Å². The number of thiazole rings is 1. The van der Waals surface area contributed by atoms with Crippen LogP contribution in [-0.2, 0) is 31.0 Å². The van der Waals surface area contributed by atoms with Gasteiger partial charge < -0.3 is 4.74 Å². The van der Waals surface area contributed by atoms with Gasteiger partial charge in [0, 0.05) is 10.4 Å². The number of halogens is 10. The largest absolute Gasteiger partial charge is 0.487 e. The van der Waals surface area contributed by atoms with Crippen molar-refractivity contribution in [3.63, 3.8) is 0 Å². The van der Waals surface area contributed by atoms with Crippen LogP contribution in [0.4, 0.5) is 39.5 Å². The molecule has 0 aliphatic carbocycles.